The van der Waals surface area contributed by atoms with Gasteiger partial charge in [0.1, 0.15) is 5.82 Å². The van der Waals surface area contributed by atoms with Gasteiger partial charge in [-0.25, -0.2) is 4.39 Å². The van der Waals surface area contributed by atoms with Crippen molar-refractivity contribution >= 4 is 17.5 Å². The Morgan fingerprint density at radius 3 is 2.63 bits per heavy atom. The van der Waals surface area contributed by atoms with E-state index < -0.39 is 5.82 Å². The number of halogens is 2. The van der Waals surface area contributed by atoms with Crippen LogP contribution >= 0.6 is 11.6 Å². The van der Waals surface area contributed by atoms with Crippen molar-refractivity contribution in [2.45, 2.75) is 32.4 Å². The van der Waals surface area contributed by atoms with Gasteiger partial charge in [0.25, 0.3) is 0 Å². The summed E-state index contributed by atoms with van der Waals surface area (Å²) in [6.45, 7) is 5.51. The standard InChI is InChI=1S/C14H18ClFN2O/c1-9-7-17-8-10(2)18(9)14(19)6-11-12(15)4-3-5-13(11)16/h3-5,9-10,17H,6-8H2,1-2H3. The Morgan fingerprint density at radius 2 is 2.05 bits per heavy atom. The molecule has 0 spiro atoms. The summed E-state index contributed by atoms with van der Waals surface area (Å²) in [4.78, 5) is 14.2. The van der Waals surface area contributed by atoms with E-state index in [-0.39, 0.29) is 30.0 Å². The predicted molar refractivity (Wildman–Crippen MR) is 73.8 cm³/mol. The van der Waals surface area contributed by atoms with Gasteiger partial charge >= 0.3 is 0 Å². The van der Waals surface area contributed by atoms with Gasteiger partial charge in [-0.05, 0) is 26.0 Å². The van der Waals surface area contributed by atoms with Gasteiger partial charge in [0.15, 0.2) is 0 Å². The Labute approximate surface area is 117 Å². The normalized spacial score (nSPS) is 23.5. The summed E-state index contributed by atoms with van der Waals surface area (Å²) in [6, 6.07) is 4.71. The van der Waals surface area contributed by atoms with Gasteiger partial charge in [-0.15, -0.1) is 0 Å². The van der Waals surface area contributed by atoms with Crippen molar-refractivity contribution in [2.75, 3.05) is 13.1 Å². The van der Waals surface area contributed by atoms with Gasteiger partial charge in [-0.1, -0.05) is 17.7 Å². The van der Waals surface area contributed by atoms with E-state index in [0.29, 0.717) is 5.02 Å². The molecule has 0 bridgehead atoms. The summed E-state index contributed by atoms with van der Waals surface area (Å²) in [5, 5.41) is 3.57. The fraction of sp³-hybridized carbons (Fsp3) is 0.500. The molecule has 2 unspecified atom stereocenters. The molecule has 0 radical (unpaired) electrons. The fourth-order valence-corrected chi connectivity index (χ4v) is 2.80. The lowest BCUT2D eigenvalue weighted by atomic mass is 10.1. The van der Waals surface area contributed by atoms with Gasteiger partial charge < -0.3 is 10.2 Å². The van der Waals surface area contributed by atoms with Crippen LogP contribution in [-0.2, 0) is 11.2 Å². The molecule has 1 fully saturated rings. The zero-order valence-corrected chi connectivity index (χ0v) is 11.9. The van der Waals surface area contributed by atoms with Gasteiger partial charge in [0.2, 0.25) is 5.91 Å². The number of piperazine rings is 1. The molecule has 0 aromatic heterocycles. The average Bonchev–Trinajstić information content (AvgIpc) is 2.34. The Balaban J connectivity index is 2.16. The first kappa shape index (κ1) is 14.3. The van der Waals surface area contributed by atoms with Crippen molar-refractivity contribution in [3.63, 3.8) is 0 Å². The van der Waals surface area contributed by atoms with Crippen LogP contribution in [0.1, 0.15) is 19.4 Å². The van der Waals surface area contributed by atoms with Crippen molar-refractivity contribution in [1.82, 2.24) is 10.2 Å². The molecule has 1 aromatic carbocycles. The Bertz CT molecular complexity index is 450. The number of benzene rings is 1. The van der Waals surface area contributed by atoms with Crippen molar-refractivity contribution in [2.24, 2.45) is 0 Å². The van der Waals surface area contributed by atoms with Crippen LogP contribution in [0.15, 0.2) is 18.2 Å². The molecule has 1 N–H and O–H groups in total. The Kier molecular flexibility index (Phi) is 4.42. The van der Waals surface area contributed by atoms with Gasteiger partial charge in [-0.3, -0.25) is 4.79 Å². The number of hydrogen-bond acceptors (Lipinski definition) is 2. The molecule has 1 aliphatic heterocycles. The first-order chi connectivity index (χ1) is 9.00. The summed E-state index contributed by atoms with van der Waals surface area (Å²) >= 11 is 5.96. The molecule has 1 aromatic rings. The van der Waals surface area contributed by atoms with Crippen LogP contribution in [0.2, 0.25) is 5.02 Å². The van der Waals surface area contributed by atoms with Crippen LogP contribution in [0.3, 0.4) is 0 Å². The van der Waals surface area contributed by atoms with E-state index in [4.69, 9.17) is 11.6 Å². The predicted octanol–water partition coefficient (Wildman–Crippen LogP) is 2.23. The topological polar surface area (TPSA) is 32.3 Å². The Hall–Kier alpha value is -1.13. The van der Waals surface area contributed by atoms with Crippen molar-refractivity contribution in [1.29, 1.82) is 0 Å². The highest BCUT2D eigenvalue weighted by Gasteiger charge is 2.29. The Morgan fingerprint density at radius 1 is 1.42 bits per heavy atom. The highest BCUT2D eigenvalue weighted by Crippen LogP contribution is 2.21. The summed E-state index contributed by atoms with van der Waals surface area (Å²) in [5.41, 5.74) is 0.284. The summed E-state index contributed by atoms with van der Waals surface area (Å²) in [5.74, 6) is -0.496. The van der Waals surface area contributed by atoms with Crippen LogP contribution in [0, 0.1) is 5.82 Å². The number of nitrogens with one attached hydrogen (secondary N) is 1. The first-order valence-electron chi connectivity index (χ1n) is 6.45. The van der Waals surface area contributed by atoms with Gasteiger partial charge in [-0.2, -0.15) is 0 Å². The second-order valence-electron chi connectivity index (χ2n) is 5.03. The maximum absolute atomic E-state index is 13.7. The monoisotopic (exact) mass is 284 g/mol. The molecular formula is C14H18ClFN2O. The third-order valence-corrected chi connectivity index (χ3v) is 3.86. The lowest BCUT2D eigenvalue weighted by Gasteiger charge is -2.39. The second kappa shape index (κ2) is 5.88. The zero-order chi connectivity index (χ0) is 14.0. The number of carbonyl (C=O) groups excluding carboxylic acids is 1. The van der Waals surface area contributed by atoms with E-state index in [1.807, 2.05) is 18.7 Å². The number of amides is 1. The van der Waals surface area contributed by atoms with E-state index in [0.717, 1.165) is 13.1 Å². The molecule has 1 aliphatic rings. The van der Waals surface area contributed by atoms with Crippen LogP contribution in [0.5, 0.6) is 0 Å². The lowest BCUT2D eigenvalue weighted by molar-refractivity contribution is -0.135. The minimum Gasteiger partial charge on any atom is -0.334 e. The fourth-order valence-electron chi connectivity index (χ4n) is 2.57. The minimum absolute atomic E-state index is 0.0141. The molecule has 3 nitrogen and oxygen atoms in total. The number of rotatable bonds is 2. The van der Waals surface area contributed by atoms with E-state index in [1.54, 1.807) is 12.1 Å². The van der Waals surface area contributed by atoms with E-state index >= 15 is 0 Å². The quantitative estimate of drug-likeness (QED) is 0.903. The largest absolute Gasteiger partial charge is 0.334 e. The van der Waals surface area contributed by atoms with E-state index in [9.17, 15) is 9.18 Å². The lowest BCUT2D eigenvalue weighted by Crippen LogP contribution is -2.57. The van der Waals surface area contributed by atoms with Crippen LogP contribution in [0.4, 0.5) is 4.39 Å². The van der Waals surface area contributed by atoms with Crippen LogP contribution < -0.4 is 5.32 Å². The smallest absolute Gasteiger partial charge is 0.227 e. The van der Waals surface area contributed by atoms with Crippen LogP contribution in [-0.4, -0.2) is 36.0 Å². The van der Waals surface area contributed by atoms with Gasteiger partial charge in [0, 0.05) is 35.8 Å². The molecular weight excluding hydrogens is 267 g/mol. The van der Waals surface area contributed by atoms with E-state index in [1.165, 1.54) is 6.07 Å². The van der Waals surface area contributed by atoms with Crippen LogP contribution in [0.25, 0.3) is 0 Å². The molecule has 104 valence electrons. The molecule has 19 heavy (non-hydrogen) atoms. The van der Waals surface area contributed by atoms with Crippen molar-refractivity contribution in [3.05, 3.63) is 34.6 Å². The third kappa shape index (κ3) is 3.07. The second-order valence-corrected chi connectivity index (χ2v) is 5.44. The highest BCUT2D eigenvalue weighted by molar-refractivity contribution is 6.31. The van der Waals surface area contributed by atoms with Crippen molar-refractivity contribution in [3.8, 4) is 0 Å². The molecule has 0 aliphatic carbocycles. The SMILES string of the molecule is CC1CNCC(C)N1C(=O)Cc1c(F)cccc1Cl. The number of carbonyl (C=O) groups is 1. The number of nitrogens with zero attached hydrogens (tertiary/aromatic N) is 1. The molecule has 1 heterocycles. The molecule has 0 saturated carbocycles. The molecule has 2 atom stereocenters. The maximum atomic E-state index is 13.7. The van der Waals surface area contributed by atoms with Gasteiger partial charge in [0.05, 0.1) is 6.42 Å². The molecule has 2 rings (SSSR count). The summed E-state index contributed by atoms with van der Waals surface area (Å²) in [7, 11) is 0. The minimum atomic E-state index is -0.420. The first-order valence-corrected chi connectivity index (χ1v) is 6.83. The average molecular weight is 285 g/mol. The summed E-state index contributed by atoms with van der Waals surface area (Å²) in [6.07, 6.45) is 0.0141. The maximum Gasteiger partial charge on any atom is 0.227 e. The molecule has 5 heteroatoms. The van der Waals surface area contributed by atoms with Crippen molar-refractivity contribution < 1.29 is 9.18 Å². The third-order valence-electron chi connectivity index (χ3n) is 3.51. The highest BCUT2D eigenvalue weighted by atomic mass is 35.5. The zero-order valence-electron chi connectivity index (χ0n) is 11.1. The van der Waals surface area contributed by atoms with E-state index in [2.05, 4.69) is 5.32 Å². The molecule has 1 amide bonds. The molecule has 1 saturated heterocycles. The summed E-state index contributed by atoms with van der Waals surface area (Å²) < 4.78 is 13.7. The number of hydrogen-bond donors (Lipinski definition) is 1.